The lowest BCUT2D eigenvalue weighted by Crippen LogP contribution is -2.04. The Morgan fingerprint density at radius 2 is 2.29 bits per heavy atom. The van der Waals surface area contributed by atoms with Crippen molar-refractivity contribution in [2.24, 2.45) is 5.92 Å². The first-order valence-electron chi connectivity index (χ1n) is 6.37. The van der Waals surface area contributed by atoms with Gasteiger partial charge in [0.1, 0.15) is 5.82 Å². The van der Waals surface area contributed by atoms with Gasteiger partial charge in [0.2, 0.25) is 0 Å². The van der Waals surface area contributed by atoms with Gasteiger partial charge in [0.05, 0.1) is 12.1 Å². The maximum Gasteiger partial charge on any atom is 0.303 e. The summed E-state index contributed by atoms with van der Waals surface area (Å²) in [7, 11) is 0. The quantitative estimate of drug-likeness (QED) is 0.851. The van der Waals surface area contributed by atoms with Crippen LogP contribution in [-0.4, -0.2) is 20.6 Å². The molecular weight excluding hydrogens is 216 g/mol. The largest absolute Gasteiger partial charge is 0.481 e. The summed E-state index contributed by atoms with van der Waals surface area (Å²) in [5, 5.41) is 8.74. The van der Waals surface area contributed by atoms with Crippen LogP contribution in [0.5, 0.6) is 0 Å². The maximum atomic E-state index is 10.6. The van der Waals surface area contributed by atoms with E-state index in [1.165, 1.54) is 17.8 Å². The van der Waals surface area contributed by atoms with Gasteiger partial charge in [0, 0.05) is 18.7 Å². The van der Waals surface area contributed by atoms with Crippen molar-refractivity contribution in [3.05, 3.63) is 17.2 Å². The molecule has 0 amide bonds. The van der Waals surface area contributed by atoms with Gasteiger partial charge in [-0.1, -0.05) is 13.8 Å². The first-order valence-corrected chi connectivity index (χ1v) is 6.37. The molecule has 0 saturated heterocycles. The van der Waals surface area contributed by atoms with Crippen LogP contribution in [0, 0.1) is 5.92 Å². The molecule has 1 aromatic heterocycles. The molecule has 0 aliphatic carbocycles. The first kappa shape index (κ1) is 12.1. The summed E-state index contributed by atoms with van der Waals surface area (Å²) in [5.41, 5.74) is 2.54. The molecule has 0 spiro atoms. The fourth-order valence-electron chi connectivity index (χ4n) is 2.50. The average molecular weight is 236 g/mol. The molecule has 4 nitrogen and oxygen atoms in total. The Kier molecular flexibility index (Phi) is 3.50. The maximum absolute atomic E-state index is 10.6. The predicted molar refractivity (Wildman–Crippen MR) is 65.0 cm³/mol. The summed E-state index contributed by atoms with van der Waals surface area (Å²) in [6.45, 7) is 5.39. The first-order chi connectivity index (χ1) is 8.08. The zero-order valence-electron chi connectivity index (χ0n) is 10.6. The summed E-state index contributed by atoms with van der Waals surface area (Å²) < 4.78 is 2.24. The Bertz CT molecular complexity index is 421. The van der Waals surface area contributed by atoms with Crippen molar-refractivity contribution in [3.8, 4) is 0 Å². The fourth-order valence-corrected chi connectivity index (χ4v) is 2.50. The Morgan fingerprint density at radius 1 is 1.53 bits per heavy atom. The number of aryl methyl sites for hydroxylation is 1. The standard InChI is InChI=1S/C13H20N2O2/c1-9(2)8-10-11-4-3-7-15(11)12(14-10)5-6-13(16)17/h9H,3-8H2,1-2H3,(H,16,17). The summed E-state index contributed by atoms with van der Waals surface area (Å²) in [6, 6.07) is 0. The molecule has 0 bridgehead atoms. The van der Waals surface area contributed by atoms with Crippen molar-refractivity contribution >= 4 is 5.97 Å². The van der Waals surface area contributed by atoms with Crippen LogP contribution >= 0.6 is 0 Å². The van der Waals surface area contributed by atoms with E-state index in [4.69, 9.17) is 5.11 Å². The number of hydrogen-bond acceptors (Lipinski definition) is 2. The van der Waals surface area contributed by atoms with Gasteiger partial charge >= 0.3 is 5.97 Å². The third-order valence-electron chi connectivity index (χ3n) is 3.19. The van der Waals surface area contributed by atoms with Crippen molar-refractivity contribution in [2.45, 2.75) is 52.5 Å². The molecule has 2 rings (SSSR count). The number of carboxylic acids is 1. The number of imidazole rings is 1. The van der Waals surface area contributed by atoms with Crippen LogP contribution in [0.2, 0.25) is 0 Å². The van der Waals surface area contributed by atoms with Gasteiger partial charge in [-0.05, 0) is 25.2 Å². The Hall–Kier alpha value is -1.32. The highest BCUT2D eigenvalue weighted by Crippen LogP contribution is 2.24. The Balaban J connectivity index is 2.19. The van der Waals surface area contributed by atoms with Gasteiger partial charge in [0.15, 0.2) is 0 Å². The van der Waals surface area contributed by atoms with Crippen LogP contribution in [0.1, 0.15) is 43.9 Å². The minimum atomic E-state index is -0.745. The number of fused-ring (bicyclic) bond motifs is 1. The van der Waals surface area contributed by atoms with Crippen molar-refractivity contribution in [3.63, 3.8) is 0 Å². The molecule has 0 fully saturated rings. The lowest BCUT2D eigenvalue weighted by Gasteiger charge is -2.02. The van der Waals surface area contributed by atoms with E-state index in [0.29, 0.717) is 12.3 Å². The normalized spacial score (nSPS) is 14.3. The van der Waals surface area contributed by atoms with E-state index in [2.05, 4.69) is 23.4 Å². The van der Waals surface area contributed by atoms with Gasteiger partial charge < -0.3 is 9.67 Å². The molecule has 2 heterocycles. The van der Waals surface area contributed by atoms with Crippen LogP contribution in [0.3, 0.4) is 0 Å². The van der Waals surface area contributed by atoms with E-state index in [1.807, 2.05) is 0 Å². The third-order valence-corrected chi connectivity index (χ3v) is 3.19. The Morgan fingerprint density at radius 3 is 2.94 bits per heavy atom. The molecule has 1 aliphatic rings. The lowest BCUT2D eigenvalue weighted by molar-refractivity contribution is -0.137. The SMILES string of the molecule is CC(C)Cc1nc(CCC(=O)O)n2c1CCC2. The molecule has 1 N–H and O–H groups in total. The number of aromatic nitrogens is 2. The van der Waals surface area contributed by atoms with E-state index >= 15 is 0 Å². The molecule has 0 atom stereocenters. The molecule has 94 valence electrons. The second kappa shape index (κ2) is 4.90. The lowest BCUT2D eigenvalue weighted by atomic mass is 10.1. The number of rotatable bonds is 5. The van der Waals surface area contributed by atoms with Crippen LogP contribution in [-0.2, 0) is 30.6 Å². The van der Waals surface area contributed by atoms with Crippen molar-refractivity contribution in [1.29, 1.82) is 0 Å². The van der Waals surface area contributed by atoms with E-state index in [-0.39, 0.29) is 6.42 Å². The summed E-state index contributed by atoms with van der Waals surface area (Å²) in [5.74, 6) is 0.823. The van der Waals surface area contributed by atoms with Gasteiger partial charge in [-0.2, -0.15) is 0 Å². The van der Waals surface area contributed by atoms with Gasteiger partial charge in [0.25, 0.3) is 0 Å². The topological polar surface area (TPSA) is 55.1 Å². The molecule has 0 radical (unpaired) electrons. The smallest absolute Gasteiger partial charge is 0.303 e. The predicted octanol–water partition coefficient (Wildman–Crippen LogP) is 2.04. The minimum Gasteiger partial charge on any atom is -0.481 e. The molecule has 0 aromatic carbocycles. The highest BCUT2D eigenvalue weighted by Gasteiger charge is 2.21. The van der Waals surface area contributed by atoms with E-state index in [9.17, 15) is 4.79 Å². The van der Waals surface area contributed by atoms with E-state index in [1.54, 1.807) is 0 Å². The Labute approximate surface area is 102 Å². The van der Waals surface area contributed by atoms with Crippen LogP contribution in [0.4, 0.5) is 0 Å². The monoisotopic (exact) mass is 236 g/mol. The molecule has 4 heteroatoms. The van der Waals surface area contributed by atoms with Crippen LogP contribution in [0.25, 0.3) is 0 Å². The molecule has 0 saturated carbocycles. The van der Waals surface area contributed by atoms with Gasteiger partial charge in [-0.3, -0.25) is 4.79 Å². The molecule has 17 heavy (non-hydrogen) atoms. The van der Waals surface area contributed by atoms with Crippen molar-refractivity contribution in [2.75, 3.05) is 0 Å². The van der Waals surface area contributed by atoms with Crippen molar-refractivity contribution < 1.29 is 9.90 Å². The number of hydrogen-bond donors (Lipinski definition) is 1. The summed E-state index contributed by atoms with van der Waals surface area (Å²) >= 11 is 0. The van der Waals surface area contributed by atoms with Gasteiger partial charge in [-0.15, -0.1) is 0 Å². The number of carboxylic acid groups (broad SMARTS) is 1. The van der Waals surface area contributed by atoms with E-state index < -0.39 is 5.97 Å². The second-order valence-corrected chi connectivity index (χ2v) is 5.17. The summed E-state index contributed by atoms with van der Waals surface area (Å²) in [6.07, 6.45) is 4.01. The number of nitrogens with zero attached hydrogens (tertiary/aromatic N) is 2. The number of aliphatic carboxylic acids is 1. The third kappa shape index (κ3) is 2.68. The average Bonchev–Trinajstić information content (AvgIpc) is 2.78. The van der Waals surface area contributed by atoms with Crippen LogP contribution in [0.15, 0.2) is 0 Å². The zero-order chi connectivity index (χ0) is 12.4. The van der Waals surface area contributed by atoms with Crippen molar-refractivity contribution in [1.82, 2.24) is 9.55 Å². The summed E-state index contributed by atoms with van der Waals surface area (Å²) in [4.78, 5) is 15.3. The molecular formula is C13H20N2O2. The molecule has 0 unspecified atom stereocenters. The zero-order valence-corrected chi connectivity index (χ0v) is 10.6. The van der Waals surface area contributed by atoms with E-state index in [0.717, 1.165) is 25.2 Å². The highest BCUT2D eigenvalue weighted by molar-refractivity contribution is 5.66. The van der Waals surface area contributed by atoms with Gasteiger partial charge in [-0.25, -0.2) is 4.98 Å². The number of carbonyl (C=O) groups is 1. The van der Waals surface area contributed by atoms with Crippen LogP contribution < -0.4 is 0 Å². The molecule has 1 aliphatic heterocycles. The fraction of sp³-hybridized carbons (Fsp3) is 0.692. The minimum absolute atomic E-state index is 0.178. The second-order valence-electron chi connectivity index (χ2n) is 5.17. The molecule has 1 aromatic rings. The highest BCUT2D eigenvalue weighted by atomic mass is 16.4.